The Kier molecular flexibility index (Phi) is 7.87. The molecule has 1 saturated heterocycles. The summed E-state index contributed by atoms with van der Waals surface area (Å²) in [5, 5.41) is 11.8. The average Bonchev–Trinajstić information content (AvgIpc) is 2.83. The zero-order valence-corrected chi connectivity index (χ0v) is 19.0. The summed E-state index contributed by atoms with van der Waals surface area (Å²) in [4.78, 5) is 11.6. The Morgan fingerprint density at radius 1 is 1.15 bits per heavy atom. The monoisotopic (exact) mass is 446 g/mol. The second-order valence-corrected chi connectivity index (χ2v) is 8.11. The smallest absolute Gasteiger partial charge is 0.215 e. The van der Waals surface area contributed by atoms with Crippen molar-refractivity contribution in [3.05, 3.63) is 88.5 Å². The summed E-state index contributed by atoms with van der Waals surface area (Å²) in [7, 11) is 0. The topological polar surface area (TPSA) is 73.9 Å². The number of anilines is 1. The standard InChI is InChI=1S/C26H30N4O3/c1-21-6-4-7-22(16-21)19-27-20-23-17-25(29-11-14-32-15-12-29)18-26(28-23)33-13-5-9-24-8-2-3-10-30(24)31/h2-4,6-8,10,16-19H,5,9,11-15,20H2,1H3. The Labute approximate surface area is 194 Å². The molecule has 0 unspecified atom stereocenters. The normalized spacial score (nSPS) is 14.0. The lowest BCUT2D eigenvalue weighted by atomic mass is 10.1. The van der Waals surface area contributed by atoms with Gasteiger partial charge in [0.05, 0.1) is 32.1 Å². The van der Waals surface area contributed by atoms with Gasteiger partial charge in [0.1, 0.15) is 0 Å². The third-order valence-electron chi connectivity index (χ3n) is 5.48. The summed E-state index contributed by atoms with van der Waals surface area (Å²) in [6.07, 6.45) is 4.79. The Morgan fingerprint density at radius 2 is 2.03 bits per heavy atom. The van der Waals surface area contributed by atoms with Crippen molar-refractivity contribution < 1.29 is 14.2 Å². The molecule has 0 aliphatic carbocycles. The van der Waals surface area contributed by atoms with E-state index in [1.165, 1.54) is 11.8 Å². The van der Waals surface area contributed by atoms with Crippen molar-refractivity contribution in [2.24, 2.45) is 4.99 Å². The number of aromatic nitrogens is 2. The maximum atomic E-state index is 11.8. The van der Waals surface area contributed by atoms with E-state index in [9.17, 15) is 5.21 Å². The predicted molar refractivity (Wildman–Crippen MR) is 129 cm³/mol. The maximum absolute atomic E-state index is 11.8. The van der Waals surface area contributed by atoms with E-state index < -0.39 is 0 Å². The second kappa shape index (κ2) is 11.4. The first kappa shape index (κ1) is 22.7. The van der Waals surface area contributed by atoms with Crippen LogP contribution in [0.25, 0.3) is 0 Å². The number of hydrogen-bond donors (Lipinski definition) is 0. The lowest BCUT2D eigenvalue weighted by molar-refractivity contribution is -0.614. The number of aryl methyl sites for hydroxylation is 2. The van der Waals surface area contributed by atoms with E-state index in [1.807, 2.05) is 36.5 Å². The molecule has 1 aliphatic heterocycles. The molecular formula is C26H30N4O3. The molecule has 7 heteroatoms. The minimum absolute atomic E-state index is 0.475. The van der Waals surface area contributed by atoms with Crippen LogP contribution in [0.3, 0.4) is 0 Å². The number of nitrogens with zero attached hydrogens (tertiary/aromatic N) is 4. The van der Waals surface area contributed by atoms with Gasteiger partial charge in [-0.05, 0) is 25.0 Å². The van der Waals surface area contributed by atoms with Crippen LogP contribution in [-0.4, -0.2) is 44.1 Å². The molecular weight excluding hydrogens is 416 g/mol. The Balaban J connectivity index is 1.42. The van der Waals surface area contributed by atoms with Gasteiger partial charge in [0, 0.05) is 49.6 Å². The number of aliphatic imine (C=N–C) groups is 1. The van der Waals surface area contributed by atoms with Gasteiger partial charge in [-0.3, -0.25) is 4.99 Å². The van der Waals surface area contributed by atoms with Gasteiger partial charge in [-0.2, -0.15) is 4.73 Å². The summed E-state index contributed by atoms with van der Waals surface area (Å²) in [5.41, 5.74) is 4.96. The molecule has 1 fully saturated rings. The van der Waals surface area contributed by atoms with Crippen molar-refractivity contribution in [1.29, 1.82) is 0 Å². The first-order chi connectivity index (χ1) is 16.2. The number of pyridine rings is 2. The molecule has 0 bridgehead atoms. The fourth-order valence-electron chi connectivity index (χ4n) is 3.79. The molecule has 0 N–H and O–H groups in total. The van der Waals surface area contributed by atoms with Crippen LogP contribution >= 0.6 is 0 Å². The molecule has 3 aromatic rings. The van der Waals surface area contributed by atoms with Crippen LogP contribution in [0.5, 0.6) is 5.88 Å². The fraction of sp³-hybridized carbons (Fsp3) is 0.346. The van der Waals surface area contributed by atoms with Crippen LogP contribution in [0.15, 0.2) is 65.8 Å². The van der Waals surface area contributed by atoms with Crippen molar-refractivity contribution in [3.8, 4) is 5.88 Å². The van der Waals surface area contributed by atoms with Gasteiger partial charge >= 0.3 is 0 Å². The highest BCUT2D eigenvalue weighted by Crippen LogP contribution is 2.23. The summed E-state index contributed by atoms with van der Waals surface area (Å²) in [6, 6.07) is 17.8. The molecule has 0 saturated carbocycles. The van der Waals surface area contributed by atoms with Crippen LogP contribution in [0.1, 0.15) is 28.9 Å². The van der Waals surface area contributed by atoms with E-state index in [0.29, 0.717) is 38.7 Å². The Morgan fingerprint density at radius 3 is 2.85 bits per heavy atom. The molecule has 0 radical (unpaired) electrons. The minimum Gasteiger partial charge on any atom is -0.619 e. The van der Waals surface area contributed by atoms with Gasteiger partial charge in [0.15, 0.2) is 11.9 Å². The molecule has 172 valence electrons. The molecule has 4 rings (SSSR count). The van der Waals surface area contributed by atoms with E-state index in [1.54, 1.807) is 6.07 Å². The summed E-state index contributed by atoms with van der Waals surface area (Å²) in [6.45, 7) is 6.14. The lowest BCUT2D eigenvalue weighted by Gasteiger charge is -2.29. The molecule has 7 nitrogen and oxygen atoms in total. The van der Waals surface area contributed by atoms with Gasteiger partial charge in [-0.1, -0.05) is 35.9 Å². The molecule has 33 heavy (non-hydrogen) atoms. The van der Waals surface area contributed by atoms with Crippen molar-refractivity contribution >= 4 is 11.9 Å². The van der Waals surface area contributed by atoms with Crippen molar-refractivity contribution in [3.63, 3.8) is 0 Å². The van der Waals surface area contributed by atoms with E-state index in [2.05, 4.69) is 40.0 Å². The van der Waals surface area contributed by atoms with Crippen molar-refractivity contribution in [2.75, 3.05) is 37.8 Å². The molecule has 1 aliphatic rings. The van der Waals surface area contributed by atoms with Gasteiger partial charge in [-0.15, -0.1) is 0 Å². The number of morpholine rings is 1. The lowest BCUT2D eigenvalue weighted by Crippen LogP contribution is -2.36. The highest BCUT2D eigenvalue weighted by Gasteiger charge is 2.14. The number of benzene rings is 1. The quantitative estimate of drug-likeness (QED) is 0.218. The van der Waals surface area contributed by atoms with Crippen LogP contribution in [0, 0.1) is 12.1 Å². The zero-order valence-electron chi connectivity index (χ0n) is 19.0. The van der Waals surface area contributed by atoms with Gasteiger partial charge < -0.3 is 19.6 Å². The largest absolute Gasteiger partial charge is 0.619 e. The van der Waals surface area contributed by atoms with Gasteiger partial charge in [0.2, 0.25) is 5.88 Å². The second-order valence-electron chi connectivity index (χ2n) is 8.11. The fourth-order valence-corrected chi connectivity index (χ4v) is 3.79. The number of rotatable bonds is 9. The summed E-state index contributed by atoms with van der Waals surface area (Å²) in [5.74, 6) is 0.586. The molecule has 1 aromatic carbocycles. The van der Waals surface area contributed by atoms with Gasteiger partial charge in [0.25, 0.3) is 0 Å². The maximum Gasteiger partial charge on any atom is 0.215 e. The van der Waals surface area contributed by atoms with Crippen LogP contribution in [0.4, 0.5) is 5.69 Å². The van der Waals surface area contributed by atoms with Crippen molar-refractivity contribution in [2.45, 2.75) is 26.3 Å². The first-order valence-electron chi connectivity index (χ1n) is 11.4. The third kappa shape index (κ3) is 6.76. The Bertz CT molecular complexity index is 1080. The SMILES string of the molecule is Cc1cccc(C=NCc2cc(N3CCOCC3)cc(OCCCc3cccc[n+]3[O-])n2)c1. The van der Waals surface area contributed by atoms with Crippen molar-refractivity contribution in [1.82, 2.24) is 4.98 Å². The number of ether oxygens (including phenoxy) is 2. The molecule has 3 heterocycles. The zero-order chi connectivity index (χ0) is 22.9. The highest BCUT2D eigenvalue weighted by molar-refractivity contribution is 5.79. The summed E-state index contributed by atoms with van der Waals surface area (Å²) < 4.78 is 12.4. The van der Waals surface area contributed by atoms with Crippen LogP contribution < -0.4 is 14.4 Å². The third-order valence-corrected chi connectivity index (χ3v) is 5.48. The van der Waals surface area contributed by atoms with Crippen LogP contribution in [-0.2, 0) is 17.7 Å². The molecule has 0 amide bonds. The Hall–Kier alpha value is -3.45. The molecule has 2 aromatic heterocycles. The number of hydrogen-bond acceptors (Lipinski definition) is 6. The minimum atomic E-state index is 0.475. The van der Waals surface area contributed by atoms with E-state index >= 15 is 0 Å². The van der Waals surface area contributed by atoms with Crippen LogP contribution in [0.2, 0.25) is 0 Å². The molecule has 0 spiro atoms. The van der Waals surface area contributed by atoms with E-state index in [0.717, 1.165) is 46.9 Å². The highest BCUT2D eigenvalue weighted by atomic mass is 16.5. The molecule has 0 atom stereocenters. The predicted octanol–water partition coefficient (Wildman–Crippen LogP) is 3.49. The first-order valence-corrected chi connectivity index (χ1v) is 11.4. The average molecular weight is 447 g/mol. The van der Waals surface area contributed by atoms with E-state index in [4.69, 9.17) is 9.47 Å². The summed E-state index contributed by atoms with van der Waals surface area (Å²) >= 11 is 0. The van der Waals surface area contributed by atoms with E-state index in [-0.39, 0.29) is 0 Å². The van der Waals surface area contributed by atoms with Gasteiger partial charge in [-0.25, -0.2) is 4.98 Å².